The Morgan fingerprint density at radius 2 is 1.94 bits per heavy atom. The quantitative estimate of drug-likeness (QED) is 0.835. The number of furan rings is 1. The van der Waals surface area contributed by atoms with Crippen molar-refractivity contribution >= 4 is 12.0 Å². The van der Waals surface area contributed by atoms with Gasteiger partial charge in [0.25, 0.3) is 0 Å². The molecule has 0 saturated carbocycles. The summed E-state index contributed by atoms with van der Waals surface area (Å²) in [5.74, 6) is 0.0765. The van der Waals surface area contributed by atoms with E-state index in [2.05, 4.69) is 0 Å². The van der Waals surface area contributed by atoms with Gasteiger partial charge in [0, 0.05) is 11.6 Å². The number of nitriles is 1. The minimum Gasteiger partial charge on any atom is -0.478 e. The number of hydrogen-bond donors (Lipinski definition) is 1. The molecule has 2 rings (SSSR count). The Morgan fingerprint density at radius 1 is 1.22 bits per heavy atom. The fraction of sp³-hybridized carbons (Fsp3) is 0. The molecule has 0 spiro atoms. The molecule has 0 bridgehead atoms. The van der Waals surface area contributed by atoms with Crippen LogP contribution in [0, 0.1) is 11.3 Å². The summed E-state index contributed by atoms with van der Waals surface area (Å²) in [5.41, 5.74) is 1.42. The summed E-state index contributed by atoms with van der Waals surface area (Å²) in [6.45, 7) is 0. The third-order valence-corrected chi connectivity index (χ3v) is 2.32. The van der Waals surface area contributed by atoms with Crippen LogP contribution in [-0.2, 0) is 4.79 Å². The molecular formula is C14H9NO3. The van der Waals surface area contributed by atoms with Crippen molar-refractivity contribution in [1.82, 2.24) is 0 Å². The van der Waals surface area contributed by atoms with E-state index in [9.17, 15) is 4.79 Å². The minimum absolute atomic E-state index is 0.469. The van der Waals surface area contributed by atoms with Gasteiger partial charge in [-0.05, 0) is 42.5 Å². The van der Waals surface area contributed by atoms with Crippen LogP contribution in [0.1, 0.15) is 11.3 Å². The molecule has 2 aromatic rings. The highest BCUT2D eigenvalue weighted by atomic mass is 16.4. The second kappa shape index (κ2) is 5.02. The molecule has 0 radical (unpaired) electrons. The summed E-state index contributed by atoms with van der Waals surface area (Å²) in [5, 5.41) is 17.2. The first-order valence-electron chi connectivity index (χ1n) is 5.20. The number of nitrogens with zero attached hydrogens (tertiary/aromatic N) is 1. The summed E-state index contributed by atoms with van der Waals surface area (Å²) in [6, 6.07) is 12.4. The van der Waals surface area contributed by atoms with Crippen molar-refractivity contribution in [3.05, 3.63) is 53.8 Å². The molecular weight excluding hydrogens is 230 g/mol. The number of carboxylic acids is 1. The molecule has 88 valence electrons. The first-order valence-corrected chi connectivity index (χ1v) is 5.20. The molecule has 0 amide bonds. The molecule has 0 saturated heterocycles. The van der Waals surface area contributed by atoms with E-state index in [0.717, 1.165) is 11.6 Å². The molecule has 4 nitrogen and oxygen atoms in total. The summed E-state index contributed by atoms with van der Waals surface area (Å²) in [4.78, 5) is 10.4. The van der Waals surface area contributed by atoms with Gasteiger partial charge >= 0.3 is 5.97 Å². The molecule has 0 atom stereocenters. The van der Waals surface area contributed by atoms with Gasteiger partial charge in [-0.25, -0.2) is 4.79 Å². The second-order valence-corrected chi connectivity index (χ2v) is 3.56. The van der Waals surface area contributed by atoms with Crippen molar-refractivity contribution in [2.75, 3.05) is 0 Å². The molecule has 1 aromatic heterocycles. The Labute approximate surface area is 103 Å². The standard InChI is InChI=1S/C14H9NO3/c15-9-10-1-3-11(4-2-10)13-7-5-12(18-13)6-8-14(16)17/h1-8H,(H,16,17). The highest BCUT2D eigenvalue weighted by molar-refractivity contribution is 5.84. The zero-order chi connectivity index (χ0) is 13.0. The lowest BCUT2D eigenvalue weighted by molar-refractivity contribution is -0.131. The third kappa shape index (κ3) is 2.66. The van der Waals surface area contributed by atoms with Crippen LogP contribution in [0.4, 0.5) is 0 Å². The number of benzene rings is 1. The molecule has 0 unspecified atom stereocenters. The lowest BCUT2D eigenvalue weighted by atomic mass is 10.1. The highest BCUT2D eigenvalue weighted by Gasteiger charge is 2.03. The van der Waals surface area contributed by atoms with Crippen molar-refractivity contribution in [2.24, 2.45) is 0 Å². The van der Waals surface area contributed by atoms with E-state index >= 15 is 0 Å². The van der Waals surface area contributed by atoms with Gasteiger partial charge in [0.05, 0.1) is 11.6 Å². The maximum absolute atomic E-state index is 10.4. The van der Waals surface area contributed by atoms with E-state index in [0.29, 0.717) is 17.1 Å². The first kappa shape index (κ1) is 11.7. The lowest BCUT2D eigenvalue weighted by Gasteiger charge is -1.96. The van der Waals surface area contributed by atoms with E-state index in [1.54, 1.807) is 36.4 Å². The van der Waals surface area contributed by atoms with E-state index in [1.807, 2.05) is 6.07 Å². The van der Waals surface area contributed by atoms with Crippen molar-refractivity contribution < 1.29 is 14.3 Å². The molecule has 1 heterocycles. The lowest BCUT2D eigenvalue weighted by Crippen LogP contribution is -1.84. The predicted molar refractivity (Wildman–Crippen MR) is 65.5 cm³/mol. The Balaban J connectivity index is 2.24. The Hall–Kier alpha value is -2.80. The van der Waals surface area contributed by atoms with Crippen molar-refractivity contribution in [2.45, 2.75) is 0 Å². The SMILES string of the molecule is N#Cc1ccc(-c2ccc(C=CC(=O)O)o2)cc1. The molecule has 0 fully saturated rings. The van der Waals surface area contributed by atoms with Gasteiger partial charge in [0.15, 0.2) is 0 Å². The number of rotatable bonds is 3. The number of aliphatic carboxylic acids is 1. The van der Waals surface area contributed by atoms with E-state index in [-0.39, 0.29) is 0 Å². The minimum atomic E-state index is -1.02. The van der Waals surface area contributed by atoms with Crippen molar-refractivity contribution in [1.29, 1.82) is 5.26 Å². The summed E-state index contributed by atoms with van der Waals surface area (Å²) < 4.78 is 5.46. The second-order valence-electron chi connectivity index (χ2n) is 3.56. The summed E-state index contributed by atoms with van der Waals surface area (Å²) in [7, 11) is 0. The van der Waals surface area contributed by atoms with Crippen molar-refractivity contribution in [3.63, 3.8) is 0 Å². The molecule has 1 N–H and O–H groups in total. The summed E-state index contributed by atoms with van der Waals surface area (Å²) >= 11 is 0. The van der Waals surface area contributed by atoms with E-state index in [1.165, 1.54) is 6.08 Å². The van der Waals surface area contributed by atoms with Crippen LogP contribution in [0.25, 0.3) is 17.4 Å². The monoisotopic (exact) mass is 239 g/mol. The fourth-order valence-corrected chi connectivity index (χ4v) is 1.46. The molecule has 18 heavy (non-hydrogen) atoms. The number of hydrogen-bond acceptors (Lipinski definition) is 3. The maximum Gasteiger partial charge on any atom is 0.328 e. The molecule has 0 aliphatic heterocycles. The fourth-order valence-electron chi connectivity index (χ4n) is 1.46. The first-order chi connectivity index (χ1) is 8.69. The van der Waals surface area contributed by atoms with Crippen LogP contribution in [0.2, 0.25) is 0 Å². The summed E-state index contributed by atoms with van der Waals surface area (Å²) in [6.07, 6.45) is 2.40. The average Bonchev–Trinajstić information content (AvgIpc) is 2.85. The zero-order valence-corrected chi connectivity index (χ0v) is 9.33. The maximum atomic E-state index is 10.4. The van der Waals surface area contributed by atoms with Gasteiger partial charge in [-0.2, -0.15) is 5.26 Å². The molecule has 0 aliphatic carbocycles. The third-order valence-electron chi connectivity index (χ3n) is 2.32. The molecule has 1 aromatic carbocycles. The normalized spacial score (nSPS) is 10.4. The molecule has 0 aliphatic rings. The number of carbonyl (C=O) groups is 1. The van der Waals surface area contributed by atoms with Gasteiger partial charge in [-0.1, -0.05) is 0 Å². The molecule has 4 heteroatoms. The highest BCUT2D eigenvalue weighted by Crippen LogP contribution is 2.23. The van der Waals surface area contributed by atoms with Gasteiger partial charge in [-0.15, -0.1) is 0 Å². The van der Waals surface area contributed by atoms with Crippen LogP contribution in [-0.4, -0.2) is 11.1 Å². The number of carboxylic acid groups (broad SMARTS) is 1. The van der Waals surface area contributed by atoms with Crippen LogP contribution >= 0.6 is 0 Å². The predicted octanol–water partition coefficient (Wildman–Crippen LogP) is 2.92. The van der Waals surface area contributed by atoms with Gasteiger partial charge < -0.3 is 9.52 Å². The topological polar surface area (TPSA) is 74.2 Å². The largest absolute Gasteiger partial charge is 0.478 e. The Kier molecular flexibility index (Phi) is 3.26. The Bertz CT molecular complexity index is 630. The van der Waals surface area contributed by atoms with E-state index in [4.69, 9.17) is 14.8 Å². The zero-order valence-electron chi connectivity index (χ0n) is 9.33. The Morgan fingerprint density at radius 3 is 2.56 bits per heavy atom. The van der Waals surface area contributed by atoms with Crippen LogP contribution in [0.3, 0.4) is 0 Å². The van der Waals surface area contributed by atoms with Crippen LogP contribution in [0.5, 0.6) is 0 Å². The smallest absolute Gasteiger partial charge is 0.328 e. The van der Waals surface area contributed by atoms with Crippen molar-refractivity contribution in [3.8, 4) is 17.4 Å². The van der Waals surface area contributed by atoms with Gasteiger partial charge in [0.2, 0.25) is 0 Å². The van der Waals surface area contributed by atoms with Gasteiger partial charge in [-0.3, -0.25) is 0 Å². The van der Waals surface area contributed by atoms with E-state index < -0.39 is 5.97 Å². The average molecular weight is 239 g/mol. The van der Waals surface area contributed by atoms with Crippen LogP contribution in [0.15, 0.2) is 46.9 Å². The van der Waals surface area contributed by atoms with Crippen LogP contribution < -0.4 is 0 Å². The van der Waals surface area contributed by atoms with Gasteiger partial charge in [0.1, 0.15) is 11.5 Å².